The van der Waals surface area contributed by atoms with Crippen molar-refractivity contribution in [1.29, 1.82) is 0 Å². The highest BCUT2D eigenvalue weighted by Gasteiger charge is 2.14. The molecule has 0 unspecified atom stereocenters. The Kier molecular flexibility index (Phi) is 5.37. The van der Waals surface area contributed by atoms with Gasteiger partial charge in [-0.25, -0.2) is 0 Å². The van der Waals surface area contributed by atoms with E-state index in [1.54, 1.807) is 0 Å². The zero-order chi connectivity index (χ0) is 14.5. The molecule has 2 heterocycles. The minimum Gasteiger partial charge on any atom is -0.311 e. The number of hydrogen-bond acceptors (Lipinski definition) is 3. The topological polar surface area (TPSA) is 47.7 Å². The molecule has 0 saturated heterocycles. The van der Waals surface area contributed by atoms with Crippen LogP contribution in [-0.2, 0) is 26.1 Å². The molecule has 0 aliphatic heterocycles. The third kappa shape index (κ3) is 3.30. The molecular formula is C14H22BrN5. The van der Waals surface area contributed by atoms with E-state index in [0.717, 1.165) is 48.5 Å². The zero-order valence-corrected chi connectivity index (χ0v) is 13.9. The summed E-state index contributed by atoms with van der Waals surface area (Å²) in [6.45, 7) is 9.73. The number of rotatable bonds is 7. The van der Waals surface area contributed by atoms with Crippen molar-refractivity contribution in [1.82, 2.24) is 24.9 Å². The van der Waals surface area contributed by atoms with Crippen LogP contribution in [0.25, 0.3) is 0 Å². The first-order valence-electron chi connectivity index (χ1n) is 7.16. The molecule has 2 aromatic rings. The van der Waals surface area contributed by atoms with Crippen LogP contribution < -0.4 is 5.32 Å². The van der Waals surface area contributed by atoms with E-state index in [9.17, 15) is 0 Å². The fourth-order valence-electron chi connectivity index (χ4n) is 2.16. The highest BCUT2D eigenvalue weighted by Crippen LogP contribution is 2.23. The highest BCUT2D eigenvalue weighted by molar-refractivity contribution is 9.10. The third-order valence-electron chi connectivity index (χ3n) is 3.26. The number of hydrogen-bond donors (Lipinski definition) is 1. The molecule has 1 N–H and O–H groups in total. The van der Waals surface area contributed by atoms with Gasteiger partial charge in [-0.3, -0.25) is 9.36 Å². The van der Waals surface area contributed by atoms with E-state index in [4.69, 9.17) is 0 Å². The average molecular weight is 340 g/mol. The minimum atomic E-state index is 0.744. The van der Waals surface area contributed by atoms with Crippen LogP contribution >= 0.6 is 15.9 Å². The fraction of sp³-hybridized carbons (Fsp3) is 0.571. The molecule has 0 amide bonds. The van der Waals surface area contributed by atoms with Gasteiger partial charge in [-0.15, -0.1) is 0 Å². The van der Waals surface area contributed by atoms with Crippen molar-refractivity contribution in [2.24, 2.45) is 0 Å². The molecule has 0 fully saturated rings. The van der Waals surface area contributed by atoms with E-state index in [-0.39, 0.29) is 0 Å². The maximum atomic E-state index is 4.62. The monoisotopic (exact) mass is 339 g/mol. The Morgan fingerprint density at radius 2 is 2.05 bits per heavy atom. The molecule has 0 aromatic carbocycles. The van der Waals surface area contributed by atoms with E-state index in [0.29, 0.717) is 0 Å². The summed E-state index contributed by atoms with van der Waals surface area (Å²) >= 11 is 3.67. The normalized spacial score (nSPS) is 11.2. The van der Waals surface area contributed by atoms with Crippen LogP contribution in [0.15, 0.2) is 16.7 Å². The smallest absolute Gasteiger partial charge is 0.0839 e. The van der Waals surface area contributed by atoms with Gasteiger partial charge < -0.3 is 5.32 Å². The maximum Gasteiger partial charge on any atom is 0.0839 e. The van der Waals surface area contributed by atoms with Crippen LogP contribution in [0.1, 0.15) is 37.9 Å². The summed E-state index contributed by atoms with van der Waals surface area (Å²) in [4.78, 5) is 0. The summed E-state index contributed by atoms with van der Waals surface area (Å²) in [5.41, 5.74) is 3.37. The third-order valence-corrected chi connectivity index (χ3v) is 4.17. The van der Waals surface area contributed by atoms with Gasteiger partial charge in [0.1, 0.15) is 0 Å². The van der Waals surface area contributed by atoms with E-state index in [1.165, 1.54) is 5.69 Å². The Hall–Kier alpha value is -1.14. The molecule has 2 rings (SSSR count). The molecule has 0 aliphatic carbocycles. The number of aryl methyl sites for hydroxylation is 2. The summed E-state index contributed by atoms with van der Waals surface area (Å²) in [5, 5.41) is 12.5. The molecular weight excluding hydrogens is 318 g/mol. The van der Waals surface area contributed by atoms with E-state index >= 15 is 0 Å². The molecule has 20 heavy (non-hydrogen) atoms. The Morgan fingerprint density at radius 1 is 1.25 bits per heavy atom. The van der Waals surface area contributed by atoms with Gasteiger partial charge in [-0.2, -0.15) is 10.2 Å². The van der Waals surface area contributed by atoms with Crippen molar-refractivity contribution in [2.45, 2.75) is 46.8 Å². The molecule has 0 atom stereocenters. The lowest BCUT2D eigenvalue weighted by Gasteiger charge is -2.06. The van der Waals surface area contributed by atoms with Crippen LogP contribution in [0.5, 0.6) is 0 Å². The van der Waals surface area contributed by atoms with Crippen LogP contribution in [0.3, 0.4) is 0 Å². The minimum absolute atomic E-state index is 0.744. The SMILES string of the molecule is CCNCc1ccn(Cc2c(Br)c(CC)nn2CC)n1. The molecule has 0 bridgehead atoms. The van der Waals surface area contributed by atoms with Crippen molar-refractivity contribution in [3.05, 3.63) is 33.8 Å². The molecule has 110 valence electrons. The van der Waals surface area contributed by atoms with Gasteiger partial charge in [0.25, 0.3) is 0 Å². The van der Waals surface area contributed by atoms with Gasteiger partial charge in [0, 0.05) is 19.3 Å². The second-order valence-electron chi connectivity index (χ2n) is 4.66. The number of aromatic nitrogens is 4. The summed E-state index contributed by atoms with van der Waals surface area (Å²) < 4.78 is 5.14. The summed E-state index contributed by atoms with van der Waals surface area (Å²) in [6.07, 6.45) is 2.96. The predicted molar refractivity (Wildman–Crippen MR) is 83.7 cm³/mol. The van der Waals surface area contributed by atoms with Gasteiger partial charge in [0.05, 0.1) is 28.1 Å². The summed E-state index contributed by atoms with van der Waals surface area (Å²) in [5.74, 6) is 0. The van der Waals surface area contributed by atoms with Crippen LogP contribution in [0.4, 0.5) is 0 Å². The lowest BCUT2D eigenvalue weighted by atomic mass is 10.3. The zero-order valence-electron chi connectivity index (χ0n) is 12.4. The predicted octanol–water partition coefficient (Wildman–Crippen LogP) is 2.58. The van der Waals surface area contributed by atoms with Crippen LogP contribution in [0, 0.1) is 0 Å². The maximum absolute atomic E-state index is 4.62. The summed E-state index contributed by atoms with van der Waals surface area (Å²) in [6, 6.07) is 2.06. The van der Waals surface area contributed by atoms with Crippen LogP contribution in [-0.4, -0.2) is 26.1 Å². The first kappa shape index (κ1) is 15.3. The van der Waals surface area contributed by atoms with Gasteiger partial charge >= 0.3 is 0 Å². The Bertz CT molecular complexity index is 558. The molecule has 0 radical (unpaired) electrons. The first-order chi connectivity index (χ1) is 9.69. The van der Waals surface area contributed by atoms with Crippen molar-refractivity contribution in [3.8, 4) is 0 Å². The van der Waals surface area contributed by atoms with Crippen molar-refractivity contribution in [2.75, 3.05) is 6.54 Å². The first-order valence-corrected chi connectivity index (χ1v) is 7.95. The Labute approximate surface area is 128 Å². The lowest BCUT2D eigenvalue weighted by Crippen LogP contribution is -2.13. The van der Waals surface area contributed by atoms with Crippen molar-refractivity contribution in [3.63, 3.8) is 0 Å². The number of halogens is 1. The van der Waals surface area contributed by atoms with Crippen LogP contribution in [0.2, 0.25) is 0 Å². The molecule has 5 nitrogen and oxygen atoms in total. The molecule has 0 aliphatic rings. The van der Waals surface area contributed by atoms with Gasteiger partial charge in [-0.1, -0.05) is 13.8 Å². The van der Waals surface area contributed by atoms with Crippen molar-refractivity contribution < 1.29 is 0 Å². The molecule has 2 aromatic heterocycles. The quantitative estimate of drug-likeness (QED) is 0.843. The van der Waals surface area contributed by atoms with Gasteiger partial charge in [0.15, 0.2) is 0 Å². The van der Waals surface area contributed by atoms with E-state index in [2.05, 4.69) is 63.0 Å². The van der Waals surface area contributed by atoms with E-state index in [1.807, 2.05) is 10.9 Å². The standard InChI is InChI=1S/C14H22BrN5/c1-4-12-14(15)13(20(6-3)18-12)10-19-8-7-11(17-19)9-16-5-2/h7-8,16H,4-6,9-10H2,1-3H3. The molecule has 6 heteroatoms. The highest BCUT2D eigenvalue weighted by atomic mass is 79.9. The van der Waals surface area contributed by atoms with Gasteiger partial charge in [-0.05, 0) is 41.9 Å². The molecule has 0 spiro atoms. The molecule has 0 saturated carbocycles. The fourth-order valence-corrected chi connectivity index (χ4v) is 2.85. The van der Waals surface area contributed by atoms with Gasteiger partial charge in [0.2, 0.25) is 0 Å². The Morgan fingerprint density at radius 3 is 2.70 bits per heavy atom. The largest absolute Gasteiger partial charge is 0.311 e. The Balaban J connectivity index is 2.16. The number of nitrogens with one attached hydrogen (secondary N) is 1. The van der Waals surface area contributed by atoms with E-state index < -0.39 is 0 Å². The lowest BCUT2D eigenvalue weighted by molar-refractivity contribution is 0.566. The van der Waals surface area contributed by atoms with Crippen molar-refractivity contribution >= 4 is 15.9 Å². The second-order valence-corrected chi connectivity index (χ2v) is 5.45. The summed E-state index contributed by atoms with van der Waals surface area (Å²) in [7, 11) is 0. The second kappa shape index (κ2) is 7.04. The average Bonchev–Trinajstić information content (AvgIpc) is 3.03. The number of nitrogens with zero attached hydrogens (tertiary/aromatic N) is 4.